The first-order valence-corrected chi connectivity index (χ1v) is 12.9. The Morgan fingerprint density at radius 3 is 2.42 bits per heavy atom. The van der Waals surface area contributed by atoms with Crippen molar-refractivity contribution in [3.05, 3.63) is 53.5 Å². The van der Waals surface area contributed by atoms with E-state index in [4.69, 9.17) is 0 Å². The fourth-order valence-corrected chi connectivity index (χ4v) is 4.07. The number of hydrogen-bond acceptors (Lipinski definition) is 10. The third kappa shape index (κ3) is 6.24. The average Bonchev–Trinajstić information content (AvgIpc) is 3.59. The van der Waals surface area contributed by atoms with Gasteiger partial charge < -0.3 is 14.8 Å². The molecule has 0 saturated heterocycles. The van der Waals surface area contributed by atoms with E-state index in [2.05, 4.69) is 34.8 Å². The molecule has 2 heterocycles. The Hall–Kier alpha value is -4.08. The van der Waals surface area contributed by atoms with E-state index in [0.29, 0.717) is 11.9 Å². The smallest absolute Gasteiger partial charge is 0.464 e. The summed E-state index contributed by atoms with van der Waals surface area (Å²) in [5.41, 5.74) is -0.418. The van der Waals surface area contributed by atoms with Crippen LogP contribution in [0.3, 0.4) is 0 Å². The maximum absolute atomic E-state index is 13.0. The van der Waals surface area contributed by atoms with Gasteiger partial charge in [-0.2, -0.15) is 4.68 Å². The Morgan fingerprint density at radius 2 is 1.87 bits per heavy atom. The van der Waals surface area contributed by atoms with Gasteiger partial charge in [-0.1, -0.05) is 0 Å². The van der Waals surface area contributed by atoms with E-state index in [1.165, 1.54) is 24.2 Å². The van der Waals surface area contributed by atoms with Gasteiger partial charge in [0.15, 0.2) is 33.0 Å². The molecule has 0 bridgehead atoms. The minimum atomic E-state index is -5.10. The molecular formula is C22H21F3N6O6S. The van der Waals surface area contributed by atoms with Crippen molar-refractivity contribution in [3.8, 4) is 11.6 Å². The molecule has 0 radical (unpaired) electrons. The van der Waals surface area contributed by atoms with Gasteiger partial charge in [0.2, 0.25) is 0 Å². The van der Waals surface area contributed by atoms with E-state index in [0.717, 1.165) is 31.2 Å². The molecular weight excluding hydrogens is 533 g/mol. The summed E-state index contributed by atoms with van der Waals surface area (Å²) in [7, 11) is -2.78. The number of hydrogen-bond donors (Lipinski definition) is 1. The number of carbonyl (C=O) groups excluding carboxylic acids is 2. The number of alkyl halides is 3. The topological polar surface area (TPSA) is 155 Å². The number of amides is 1. The van der Waals surface area contributed by atoms with Crippen LogP contribution in [0.5, 0.6) is 5.75 Å². The summed E-state index contributed by atoms with van der Waals surface area (Å²) in [6, 6.07) is 1.54. The summed E-state index contributed by atoms with van der Waals surface area (Å²) < 4.78 is 72.1. The summed E-state index contributed by atoms with van der Waals surface area (Å²) in [6.45, 7) is 1.55. The van der Waals surface area contributed by atoms with Crippen LogP contribution in [0.4, 0.5) is 13.2 Å². The molecule has 3 aromatic rings. The van der Waals surface area contributed by atoms with Crippen LogP contribution in [-0.2, 0) is 14.6 Å². The number of sulfone groups is 1. The minimum Gasteiger partial charge on any atom is -0.464 e. The Kier molecular flexibility index (Phi) is 7.10. The van der Waals surface area contributed by atoms with Gasteiger partial charge in [0.05, 0.1) is 30.4 Å². The average molecular weight is 555 g/mol. The van der Waals surface area contributed by atoms with Crippen LogP contribution in [0.1, 0.15) is 64.2 Å². The second kappa shape index (κ2) is 10.00. The fraction of sp³-hybridized carbons (Fsp3) is 0.364. The van der Waals surface area contributed by atoms with Crippen molar-refractivity contribution < 1.29 is 40.7 Å². The number of esters is 1. The van der Waals surface area contributed by atoms with Gasteiger partial charge in [0, 0.05) is 17.7 Å². The normalized spacial score (nSPS) is 14.6. The third-order valence-corrected chi connectivity index (χ3v) is 6.47. The van der Waals surface area contributed by atoms with E-state index in [1.54, 1.807) is 6.92 Å². The first kappa shape index (κ1) is 27.0. The van der Waals surface area contributed by atoms with Crippen LogP contribution in [0.2, 0.25) is 0 Å². The molecule has 0 spiro atoms. The molecule has 1 aromatic carbocycles. The largest absolute Gasteiger partial charge is 0.573 e. The monoisotopic (exact) mass is 554 g/mol. The standard InChI is InChI=1S/C22H21F3N6O6S/c1-11(28-20(32)13-6-14(37-22(23,24)25)8-15(7-13)38(3,34)35)19-29-18(12-4-5-12)30-31(19)17-10-26-16(9-27-17)21(33)36-2/h6-12H,4-5H2,1-3H3,(H,28,32). The van der Waals surface area contributed by atoms with Gasteiger partial charge in [-0.25, -0.2) is 28.2 Å². The molecule has 1 saturated carbocycles. The number of methoxy groups -OCH3 is 1. The van der Waals surface area contributed by atoms with E-state index >= 15 is 0 Å². The quantitative estimate of drug-likeness (QED) is 0.411. The molecule has 16 heteroatoms. The van der Waals surface area contributed by atoms with Gasteiger partial charge in [-0.05, 0) is 38.0 Å². The van der Waals surface area contributed by atoms with Crippen LogP contribution < -0.4 is 10.1 Å². The molecule has 0 aliphatic heterocycles. The van der Waals surface area contributed by atoms with Crippen molar-refractivity contribution in [1.29, 1.82) is 0 Å². The summed E-state index contributed by atoms with van der Waals surface area (Å²) >= 11 is 0. The van der Waals surface area contributed by atoms with Crippen molar-refractivity contribution in [1.82, 2.24) is 30.0 Å². The predicted molar refractivity (Wildman–Crippen MR) is 122 cm³/mol. The third-order valence-electron chi connectivity index (χ3n) is 5.38. The highest BCUT2D eigenvalue weighted by Gasteiger charge is 2.33. The maximum Gasteiger partial charge on any atom is 0.573 e. The van der Waals surface area contributed by atoms with Crippen LogP contribution in [0, 0.1) is 0 Å². The second-order valence-corrected chi connectivity index (χ2v) is 10.5. The lowest BCUT2D eigenvalue weighted by atomic mass is 10.2. The molecule has 12 nitrogen and oxygen atoms in total. The molecule has 1 N–H and O–H groups in total. The van der Waals surface area contributed by atoms with E-state index in [9.17, 15) is 31.2 Å². The van der Waals surface area contributed by atoms with Gasteiger partial charge in [0.25, 0.3) is 5.91 Å². The zero-order valence-corrected chi connectivity index (χ0v) is 21.0. The Labute approximate surface area is 214 Å². The van der Waals surface area contributed by atoms with Crippen molar-refractivity contribution in [2.45, 2.75) is 43.0 Å². The molecule has 1 aliphatic rings. The lowest BCUT2D eigenvalue weighted by Crippen LogP contribution is -2.29. The highest BCUT2D eigenvalue weighted by Crippen LogP contribution is 2.38. The Bertz CT molecular complexity index is 1490. The number of nitrogens with zero attached hydrogens (tertiary/aromatic N) is 5. The summed E-state index contributed by atoms with van der Waals surface area (Å²) in [4.78, 5) is 36.8. The molecule has 4 rings (SSSR count). The highest BCUT2D eigenvalue weighted by molar-refractivity contribution is 7.90. The molecule has 202 valence electrons. The lowest BCUT2D eigenvalue weighted by Gasteiger charge is -2.16. The van der Waals surface area contributed by atoms with Crippen LogP contribution in [0.15, 0.2) is 35.5 Å². The first-order valence-electron chi connectivity index (χ1n) is 11.0. The Morgan fingerprint density at radius 1 is 1.16 bits per heavy atom. The predicted octanol–water partition coefficient (Wildman–Crippen LogP) is 2.51. The van der Waals surface area contributed by atoms with Crippen LogP contribution in [0.25, 0.3) is 5.82 Å². The van der Waals surface area contributed by atoms with Crippen LogP contribution >= 0.6 is 0 Å². The number of nitrogens with one attached hydrogen (secondary N) is 1. The SMILES string of the molecule is COC(=O)c1cnc(-n2nc(C3CC3)nc2C(C)NC(=O)c2cc(OC(F)(F)F)cc(S(C)(=O)=O)c2)cn1. The van der Waals surface area contributed by atoms with E-state index < -0.39 is 44.8 Å². The van der Waals surface area contributed by atoms with Gasteiger partial charge in [0.1, 0.15) is 5.75 Å². The van der Waals surface area contributed by atoms with Crippen molar-refractivity contribution >= 4 is 21.7 Å². The minimum absolute atomic E-state index is 0.0377. The number of ether oxygens (including phenoxy) is 2. The summed E-state index contributed by atoms with van der Waals surface area (Å²) in [5.74, 6) is -1.40. The molecule has 38 heavy (non-hydrogen) atoms. The van der Waals surface area contributed by atoms with Gasteiger partial charge in [-0.3, -0.25) is 4.79 Å². The van der Waals surface area contributed by atoms with Gasteiger partial charge >= 0.3 is 12.3 Å². The first-order chi connectivity index (χ1) is 17.7. The number of aromatic nitrogens is 5. The molecule has 1 unspecified atom stereocenters. The Balaban J connectivity index is 1.65. The summed E-state index contributed by atoms with van der Waals surface area (Å²) in [5, 5.41) is 7.04. The van der Waals surface area contributed by atoms with E-state index in [1.807, 2.05) is 0 Å². The number of benzene rings is 1. The molecule has 2 aromatic heterocycles. The number of rotatable bonds is 8. The zero-order valence-electron chi connectivity index (χ0n) is 20.2. The fourth-order valence-electron chi connectivity index (χ4n) is 3.40. The van der Waals surface area contributed by atoms with Crippen molar-refractivity contribution in [2.24, 2.45) is 0 Å². The number of halogens is 3. The molecule has 1 aliphatic carbocycles. The van der Waals surface area contributed by atoms with Gasteiger partial charge in [-0.15, -0.1) is 18.3 Å². The number of carbonyl (C=O) groups is 2. The summed E-state index contributed by atoms with van der Waals surface area (Å²) in [6.07, 6.45) is -0.109. The van der Waals surface area contributed by atoms with Crippen LogP contribution in [-0.4, -0.2) is 64.8 Å². The van der Waals surface area contributed by atoms with E-state index in [-0.39, 0.29) is 28.8 Å². The second-order valence-electron chi connectivity index (χ2n) is 8.47. The van der Waals surface area contributed by atoms with Crippen molar-refractivity contribution in [3.63, 3.8) is 0 Å². The van der Waals surface area contributed by atoms with Crippen molar-refractivity contribution in [2.75, 3.05) is 13.4 Å². The lowest BCUT2D eigenvalue weighted by molar-refractivity contribution is -0.274. The maximum atomic E-state index is 13.0. The zero-order chi connectivity index (χ0) is 27.8. The molecule has 1 fully saturated rings. The highest BCUT2D eigenvalue weighted by atomic mass is 32.2. The molecule has 1 amide bonds. The molecule has 1 atom stereocenters.